The number of benzene rings is 1. The fourth-order valence-corrected chi connectivity index (χ4v) is 3.03. The minimum absolute atomic E-state index is 0.0139. The van der Waals surface area contributed by atoms with Gasteiger partial charge in [0.05, 0.1) is 13.2 Å². The third kappa shape index (κ3) is 3.19. The predicted octanol–water partition coefficient (Wildman–Crippen LogP) is 1.48. The molecule has 21 heavy (non-hydrogen) atoms. The van der Waals surface area contributed by atoms with Crippen molar-refractivity contribution in [2.45, 2.75) is 19.4 Å². The number of urea groups is 1. The second kappa shape index (κ2) is 6.45. The van der Waals surface area contributed by atoms with E-state index in [-0.39, 0.29) is 6.03 Å². The van der Waals surface area contributed by atoms with Crippen molar-refractivity contribution in [1.82, 2.24) is 10.2 Å². The molecule has 0 bridgehead atoms. The molecule has 0 aliphatic carbocycles. The summed E-state index contributed by atoms with van der Waals surface area (Å²) in [5.74, 6) is 0. The van der Waals surface area contributed by atoms with E-state index in [9.17, 15) is 4.79 Å². The Morgan fingerprint density at radius 3 is 2.86 bits per heavy atom. The van der Waals surface area contributed by atoms with E-state index in [0.717, 1.165) is 45.0 Å². The molecule has 2 amide bonds. The molecule has 5 heteroatoms. The Hall–Kier alpha value is -1.59. The molecule has 1 aromatic rings. The molecular formula is C16H23N3O2. The molecular weight excluding hydrogens is 266 g/mol. The average Bonchev–Trinajstić information content (AvgIpc) is 2.97. The summed E-state index contributed by atoms with van der Waals surface area (Å²) in [7, 11) is 0. The SMILES string of the molecule is C[C@H](CNC(=O)N1CCc2ccccc21)N1CCOCC1. The van der Waals surface area contributed by atoms with E-state index < -0.39 is 0 Å². The Morgan fingerprint density at radius 1 is 1.29 bits per heavy atom. The van der Waals surface area contributed by atoms with Gasteiger partial charge >= 0.3 is 6.03 Å². The normalized spacial score (nSPS) is 20.1. The molecule has 0 spiro atoms. The van der Waals surface area contributed by atoms with Crippen LogP contribution in [0.2, 0.25) is 0 Å². The maximum atomic E-state index is 12.4. The lowest BCUT2D eigenvalue weighted by atomic mass is 10.2. The fraction of sp³-hybridized carbons (Fsp3) is 0.562. The number of morpholine rings is 1. The van der Waals surface area contributed by atoms with E-state index in [2.05, 4.69) is 23.2 Å². The van der Waals surface area contributed by atoms with Crippen LogP contribution < -0.4 is 10.2 Å². The highest BCUT2D eigenvalue weighted by atomic mass is 16.5. The van der Waals surface area contributed by atoms with Crippen molar-refractivity contribution in [2.75, 3.05) is 44.3 Å². The van der Waals surface area contributed by atoms with E-state index >= 15 is 0 Å². The number of para-hydroxylation sites is 1. The van der Waals surface area contributed by atoms with Crippen LogP contribution in [0.5, 0.6) is 0 Å². The Balaban J connectivity index is 1.53. The van der Waals surface area contributed by atoms with E-state index in [1.54, 1.807) is 0 Å². The summed E-state index contributed by atoms with van der Waals surface area (Å²) in [6.45, 7) is 7.08. The highest BCUT2D eigenvalue weighted by molar-refractivity contribution is 5.94. The molecule has 1 saturated heterocycles. The number of nitrogens with zero attached hydrogens (tertiary/aromatic N) is 2. The molecule has 1 fully saturated rings. The highest BCUT2D eigenvalue weighted by Gasteiger charge is 2.25. The number of carbonyl (C=O) groups excluding carboxylic acids is 1. The molecule has 0 aromatic heterocycles. The van der Waals surface area contributed by atoms with Crippen molar-refractivity contribution < 1.29 is 9.53 Å². The summed E-state index contributed by atoms with van der Waals surface area (Å²) >= 11 is 0. The number of anilines is 1. The van der Waals surface area contributed by atoms with Gasteiger partial charge in [-0.1, -0.05) is 18.2 Å². The maximum Gasteiger partial charge on any atom is 0.321 e. The molecule has 114 valence electrons. The van der Waals surface area contributed by atoms with E-state index in [1.807, 2.05) is 23.1 Å². The van der Waals surface area contributed by atoms with Crippen LogP contribution in [0.3, 0.4) is 0 Å². The third-order valence-corrected chi connectivity index (χ3v) is 4.35. The van der Waals surface area contributed by atoms with Gasteiger partial charge in [-0.25, -0.2) is 4.79 Å². The van der Waals surface area contributed by atoms with E-state index in [1.165, 1.54) is 5.56 Å². The van der Waals surface area contributed by atoms with Gasteiger partial charge in [0, 0.05) is 37.9 Å². The number of hydrogen-bond donors (Lipinski definition) is 1. The molecule has 0 radical (unpaired) electrons. The van der Waals surface area contributed by atoms with Gasteiger partial charge in [-0.15, -0.1) is 0 Å². The fourth-order valence-electron chi connectivity index (χ4n) is 3.03. The van der Waals surface area contributed by atoms with Crippen molar-refractivity contribution in [1.29, 1.82) is 0 Å². The van der Waals surface area contributed by atoms with Gasteiger partial charge in [0.25, 0.3) is 0 Å². The van der Waals surface area contributed by atoms with Gasteiger partial charge in [-0.3, -0.25) is 9.80 Å². The number of rotatable bonds is 3. The van der Waals surface area contributed by atoms with Crippen molar-refractivity contribution in [2.24, 2.45) is 0 Å². The number of carbonyl (C=O) groups is 1. The largest absolute Gasteiger partial charge is 0.379 e. The minimum Gasteiger partial charge on any atom is -0.379 e. The lowest BCUT2D eigenvalue weighted by molar-refractivity contribution is 0.0209. The Morgan fingerprint density at radius 2 is 2.05 bits per heavy atom. The summed E-state index contributed by atoms with van der Waals surface area (Å²) < 4.78 is 5.36. The highest BCUT2D eigenvalue weighted by Crippen LogP contribution is 2.27. The number of nitrogens with one attached hydrogen (secondary N) is 1. The zero-order valence-electron chi connectivity index (χ0n) is 12.5. The topological polar surface area (TPSA) is 44.8 Å². The van der Waals surface area contributed by atoms with Crippen molar-refractivity contribution >= 4 is 11.7 Å². The van der Waals surface area contributed by atoms with Crippen LogP contribution in [-0.4, -0.2) is 56.4 Å². The minimum atomic E-state index is 0.0139. The Kier molecular flexibility index (Phi) is 4.41. The quantitative estimate of drug-likeness (QED) is 0.917. The Labute approximate surface area is 125 Å². The first-order chi connectivity index (χ1) is 10.3. The van der Waals surface area contributed by atoms with Crippen LogP contribution in [0.1, 0.15) is 12.5 Å². The average molecular weight is 289 g/mol. The van der Waals surface area contributed by atoms with Crippen molar-refractivity contribution in [3.63, 3.8) is 0 Å². The maximum absolute atomic E-state index is 12.4. The number of ether oxygens (including phenoxy) is 1. The first kappa shape index (κ1) is 14.4. The van der Waals surface area contributed by atoms with Crippen LogP contribution in [0, 0.1) is 0 Å². The summed E-state index contributed by atoms with van der Waals surface area (Å²) in [6, 6.07) is 8.49. The standard InChI is InChI=1S/C16H23N3O2/c1-13(18-8-10-21-11-9-18)12-17-16(20)19-7-6-14-4-2-3-5-15(14)19/h2-5,13H,6-12H2,1H3,(H,17,20)/t13-/m1/s1. The smallest absolute Gasteiger partial charge is 0.321 e. The van der Waals surface area contributed by atoms with Crippen LogP contribution in [0.25, 0.3) is 0 Å². The first-order valence-corrected chi connectivity index (χ1v) is 7.71. The number of fused-ring (bicyclic) bond motifs is 1. The van der Waals surface area contributed by atoms with Crippen LogP contribution in [0.4, 0.5) is 10.5 Å². The van der Waals surface area contributed by atoms with Gasteiger partial charge in [0.2, 0.25) is 0 Å². The Bertz CT molecular complexity index is 500. The van der Waals surface area contributed by atoms with Crippen LogP contribution in [0.15, 0.2) is 24.3 Å². The molecule has 3 rings (SSSR count). The summed E-state index contributed by atoms with van der Waals surface area (Å²) in [4.78, 5) is 16.6. The molecule has 2 aliphatic rings. The molecule has 1 atom stereocenters. The van der Waals surface area contributed by atoms with Crippen molar-refractivity contribution in [3.05, 3.63) is 29.8 Å². The summed E-state index contributed by atoms with van der Waals surface area (Å²) in [5, 5.41) is 3.07. The zero-order valence-corrected chi connectivity index (χ0v) is 12.5. The molecule has 0 saturated carbocycles. The monoisotopic (exact) mass is 289 g/mol. The van der Waals surface area contributed by atoms with Gasteiger partial charge in [0.15, 0.2) is 0 Å². The van der Waals surface area contributed by atoms with E-state index in [4.69, 9.17) is 4.74 Å². The summed E-state index contributed by atoms with van der Waals surface area (Å²) in [6.07, 6.45) is 0.947. The van der Waals surface area contributed by atoms with Gasteiger partial charge in [-0.05, 0) is 25.0 Å². The molecule has 1 aromatic carbocycles. The predicted molar refractivity (Wildman–Crippen MR) is 82.7 cm³/mol. The molecule has 0 unspecified atom stereocenters. The molecule has 1 N–H and O–H groups in total. The second-order valence-electron chi connectivity index (χ2n) is 5.71. The number of amides is 2. The van der Waals surface area contributed by atoms with Gasteiger partial charge in [-0.2, -0.15) is 0 Å². The zero-order chi connectivity index (χ0) is 14.7. The van der Waals surface area contributed by atoms with Crippen LogP contribution in [-0.2, 0) is 11.2 Å². The van der Waals surface area contributed by atoms with Crippen LogP contribution >= 0.6 is 0 Å². The lowest BCUT2D eigenvalue weighted by Gasteiger charge is -2.32. The van der Waals surface area contributed by atoms with Gasteiger partial charge in [0.1, 0.15) is 0 Å². The van der Waals surface area contributed by atoms with Gasteiger partial charge < -0.3 is 10.1 Å². The first-order valence-electron chi connectivity index (χ1n) is 7.71. The lowest BCUT2D eigenvalue weighted by Crippen LogP contribution is -2.49. The molecule has 5 nitrogen and oxygen atoms in total. The third-order valence-electron chi connectivity index (χ3n) is 4.35. The van der Waals surface area contributed by atoms with E-state index in [0.29, 0.717) is 12.6 Å². The molecule has 2 aliphatic heterocycles. The summed E-state index contributed by atoms with van der Waals surface area (Å²) in [5.41, 5.74) is 2.31. The van der Waals surface area contributed by atoms with Crippen molar-refractivity contribution in [3.8, 4) is 0 Å². The number of hydrogen-bond acceptors (Lipinski definition) is 3. The second-order valence-corrected chi connectivity index (χ2v) is 5.71. The molecule has 2 heterocycles.